The molecule has 0 radical (unpaired) electrons. The molecule has 2 rings (SSSR count). The highest BCUT2D eigenvalue weighted by atomic mass is 32.1. The molecular formula is C17H30N2S. The van der Waals surface area contributed by atoms with Crippen molar-refractivity contribution in [1.82, 2.24) is 10.3 Å². The molecule has 0 spiro atoms. The molecule has 0 aromatic carbocycles. The predicted molar refractivity (Wildman–Crippen MR) is 88.3 cm³/mol. The second-order valence-electron chi connectivity index (χ2n) is 7.30. The minimum Gasteiger partial charge on any atom is -0.308 e. The van der Waals surface area contributed by atoms with E-state index >= 15 is 0 Å². The third-order valence-corrected chi connectivity index (χ3v) is 5.35. The van der Waals surface area contributed by atoms with Crippen molar-refractivity contribution in [2.75, 3.05) is 0 Å². The van der Waals surface area contributed by atoms with Crippen LogP contribution in [0.3, 0.4) is 0 Å². The molecule has 0 saturated heterocycles. The van der Waals surface area contributed by atoms with Crippen LogP contribution in [0.25, 0.3) is 0 Å². The molecule has 2 nitrogen and oxygen atoms in total. The summed E-state index contributed by atoms with van der Waals surface area (Å²) in [6, 6.07) is 0.620. The number of rotatable bonds is 4. The fourth-order valence-corrected chi connectivity index (χ4v) is 3.93. The van der Waals surface area contributed by atoms with Crippen molar-refractivity contribution in [1.29, 1.82) is 0 Å². The van der Waals surface area contributed by atoms with Crippen LogP contribution in [0.4, 0.5) is 0 Å². The zero-order valence-electron chi connectivity index (χ0n) is 13.5. The summed E-state index contributed by atoms with van der Waals surface area (Å²) in [6.07, 6.45) is 8.51. The van der Waals surface area contributed by atoms with Gasteiger partial charge in [-0.2, -0.15) is 0 Å². The Kier molecular flexibility index (Phi) is 5.62. The topological polar surface area (TPSA) is 24.9 Å². The summed E-state index contributed by atoms with van der Waals surface area (Å²) in [4.78, 5) is 4.77. The molecule has 0 amide bonds. The van der Waals surface area contributed by atoms with E-state index in [1.165, 1.54) is 49.2 Å². The first-order valence-electron chi connectivity index (χ1n) is 8.15. The lowest BCUT2D eigenvalue weighted by molar-refractivity contribution is 0.336. The fourth-order valence-electron chi connectivity index (χ4n) is 2.96. The lowest BCUT2D eigenvalue weighted by Crippen LogP contribution is -2.33. The number of thiazole rings is 1. The Balaban J connectivity index is 1.83. The van der Waals surface area contributed by atoms with Gasteiger partial charge in [0.05, 0.1) is 5.69 Å². The van der Waals surface area contributed by atoms with Gasteiger partial charge >= 0.3 is 0 Å². The van der Waals surface area contributed by atoms with Gasteiger partial charge in [0, 0.05) is 23.4 Å². The van der Waals surface area contributed by atoms with Gasteiger partial charge in [0.1, 0.15) is 5.01 Å². The summed E-state index contributed by atoms with van der Waals surface area (Å²) < 4.78 is 0. The van der Waals surface area contributed by atoms with Crippen LogP contribution in [0.5, 0.6) is 0 Å². The standard InChI is InChI=1S/C17H30N2S/c1-13(14-9-7-5-6-8-10-14)18-11-16-19-15(12-20-16)17(2,3)4/h12-14,18H,5-11H2,1-4H3/t13-/m0/s1. The lowest BCUT2D eigenvalue weighted by atomic mass is 9.93. The van der Waals surface area contributed by atoms with E-state index in [-0.39, 0.29) is 5.41 Å². The molecule has 3 heteroatoms. The minimum atomic E-state index is 0.168. The van der Waals surface area contributed by atoms with Crippen LogP contribution in [0, 0.1) is 5.92 Å². The first-order chi connectivity index (χ1) is 9.47. The predicted octanol–water partition coefficient (Wildman–Crippen LogP) is 4.89. The second kappa shape index (κ2) is 7.04. The van der Waals surface area contributed by atoms with E-state index in [2.05, 4.69) is 38.4 Å². The van der Waals surface area contributed by atoms with Crippen LogP contribution in [-0.4, -0.2) is 11.0 Å². The van der Waals surface area contributed by atoms with Crippen molar-refractivity contribution < 1.29 is 0 Å². The number of aromatic nitrogens is 1. The quantitative estimate of drug-likeness (QED) is 0.800. The van der Waals surface area contributed by atoms with Crippen molar-refractivity contribution in [3.63, 3.8) is 0 Å². The van der Waals surface area contributed by atoms with E-state index in [1.54, 1.807) is 11.3 Å². The first-order valence-corrected chi connectivity index (χ1v) is 9.03. The number of hydrogen-bond donors (Lipinski definition) is 1. The summed E-state index contributed by atoms with van der Waals surface area (Å²) in [7, 11) is 0. The van der Waals surface area contributed by atoms with Gasteiger partial charge in [-0.15, -0.1) is 11.3 Å². The molecule has 20 heavy (non-hydrogen) atoms. The zero-order valence-corrected chi connectivity index (χ0v) is 14.4. The van der Waals surface area contributed by atoms with E-state index < -0.39 is 0 Å². The van der Waals surface area contributed by atoms with Gasteiger partial charge < -0.3 is 5.32 Å². The third kappa shape index (κ3) is 4.56. The Morgan fingerprint density at radius 1 is 1.25 bits per heavy atom. The van der Waals surface area contributed by atoms with E-state index in [0.29, 0.717) is 6.04 Å². The second-order valence-corrected chi connectivity index (χ2v) is 8.24. The van der Waals surface area contributed by atoms with E-state index in [4.69, 9.17) is 4.98 Å². The maximum atomic E-state index is 4.77. The lowest BCUT2D eigenvalue weighted by Gasteiger charge is -2.23. The monoisotopic (exact) mass is 294 g/mol. The van der Waals surface area contributed by atoms with Crippen LogP contribution in [0.1, 0.15) is 76.9 Å². The molecule has 0 bridgehead atoms. The molecule has 0 aliphatic heterocycles. The van der Waals surface area contributed by atoms with E-state index in [9.17, 15) is 0 Å². The van der Waals surface area contributed by atoms with Gasteiger partial charge in [0.2, 0.25) is 0 Å². The van der Waals surface area contributed by atoms with Crippen molar-refractivity contribution in [3.05, 3.63) is 16.1 Å². The molecule has 1 N–H and O–H groups in total. The normalized spacial score (nSPS) is 19.8. The smallest absolute Gasteiger partial charge is 0.107 e. The van der Waals surface area contributed by atoms with Crippen LogP contribution in [0.2, 0.25) is 0 Å². The molecule has 1 aromatic heterocycles. The van der Waals surface area contributed by atoms with Crippen molar-refractivity contribution in [3.8, 4) is 0 Å². The molecule has 1 aliphatic carbocycles. The van der Waals surface area contributed by atoms with Gasteiger partial charge in [0.15, 0.2) is 0 Å². The van der Waals surface area contributed by atoms with Crippen LogP contribution < -0.4 is 5.32 Å². The number of nitrogens with one attached hydrogen (secondary N) is 1. The van der Waals surface area contributed by atoms with Crippen LogP contribution in [0.15, 0.2) is 5.38 Å². The highest BCUT2D eigenvalue weighted by Gasteiger charge is 2.20. The Morgan fingerprint density at radius 3 is 2.45 bits per heavy atom. The molecule has 1 atom stereocenters. The molecule has 1 aromatic rings. The molecular weight excluding hydrogens is 264 g/mol. The van der Waals surface area contributed by atoms with Gasteiger partial charge in [-0.1, -0.05) is 46.5 Å². The summed E-state index contributed by atoms with van der Waals surface area (Å²) in [5.41, 5.74) is 1.39. The van der Waals surface area contributed by atoms with Gasteiger partial charge in [-0.05, 0) is 25.7 Å². The van der Waals surface area contributed by atoms with Crippen molar-refractivity contribution >= 4 is 11.3 Å². The highest BCUT2D eigenvalue weighted by Crippen LogP contribution is 2.26. The molecule has 1 aliphatic rings. The first kappa shape index (κ1) is 16.0. The Hall–Kier alpha value is -0.410. The van der Waals surface area contributed by atoms with E-state index in [1.807, 2.05) is 0 Å². The fraction of sp³-hybridized carbons (Fsp3) is 0.824. The Bertz CT molecular complexity index is 397. The summed E-state index contributed by atoms with van der Waals surface area (Å²) in [5, 5.41) is 7.16. The van der Waals surface area contributed by atoms with Gasteiger partial charge in [0.25, 0.3) is 0 Å². The molecule has 114 valence electrons. The third-order valence-electron chi connectivity index (χ3n) is 4.50. The molecule has 0 unspecified atom stereocenters. The van der Waals surface area contributed by atoms with Crippen molar-refractivity contribution in [2.45, 2.75) is 84.2 Å². The Morgan fingerprint density at radius 2 is 1.90 bits per heavy atom. The van der Waals surface area contributed by atoms with Crippen LogP contribution in [-0.2, 0) is 12.0 Å². The zero-order chi connectivity index (χ0) is 14.6. The summed E-state index contributed by atoms with van der Waals surface area (Å²) in [5.74, 6) is 0.861. The summed E-state index contributed by atoms with van der Waals surface area (Å²) in [6.45, 7) is 9.97. The average molecular weight is 295 g/mol. The minimum absolute atomic E-state index is 0.168. The number of nitrogens with zero attached hydrogens (tertiary/aromatic N) is 1. The Labute approximate surface area is 128 Å². The van der Waals surface area contributed by atoms with Crippen LogP contribution >= 0.6 is 11.3 Å². The van der Waals surface area contributed by atoms with Gasteiger partial charge in [-0.3, -0.25) is 0 Å². The van der Waals surface area contributed by atoms with Crippen molar-refractivity contribution in [2.24, 2.45) is 5.92 Å². The average Bonchev–Trinajstić information content (AvgIpc) is 2.70. The molecule has 1 saturated carbocycles. The van der Waals surface area contributed by atoms with Gasteiger partial charge in [-0.25, -0.2) is 4.98 Å². The number of hydrogen-bond acceptors (Lipinski definition) is 3. The summed E-state index contributed by atoms with van der Waals surface area (Å²) >= 11 is 1.80. The maximum absolute atomic E-state index is 4.77. The molecule has 1 heterocycles. The largest absolute Gasteiger partial charge is 0.308 e. The SMILES string of the molecule is C[C@H](NCc1nc(C(C)(C)C)cs1)C1CCCCCC1. The van der Waals surface area contributed by atoms with E-state index in [0.717, 1.165) is 12.5 Å². The molecule has 1 fully saturated rings. The highest BCUT2D eigenvalue weighted by molar-refractivity contribution is 7.09. The maximum Gasteiger partial charge on any atom is 0.107 e.